The van der Waals surface area contributed by atoms with Gasteiger partial charge in [0.25, 0.3) is 0 Å². The highest BCUT2D eigenvalue weighted by molar-refractivity contribution is 4.83. The summed E-state index contributed by atoms with van der Waals surface area (Å²) in [5.41, 5.74) is 0. The van der Waals surface area contributed by atoms with Crippen molar-refractivity contribution >= 4 is 0 Å². The minimum Gasteiger partial charge on any atom is -0.280 e. The van der Waals surface area contributed by atoms with Gasteiger partial charge in [-0.2, -0.15) is 13.2 Å². The molecule has 17 heavy (non-hydrogen) atoms. The van der Waals surface area contributed by atoms with E-state index in [2.05, 4.69) is 0 Å². The Kier molecular flexibility index (Phi) is 4.31. The van der Waals surface area contributed by atoms with Crippen LogP contribution >= 0.6 is 0 Å². The number of nitrogens with zero attached hydrogens (tertiary/aromatic N) is 2. The highest BCUT2D eigenvalue weighted by Gasteiger charge is 2.47. The molecule has 0 N–H and O–H groups in total. The molecule has 0 bridgehead atoms. The Hall–Kier alpha value is -0.290. The Labute approximate surface area is 101 Å². The van der Waals surface area contributed by atoms with Gasteiger partial charge >= 0.3 is 6.18 Å². The Morgan fingerprint density at radius 2 is 1.00 bits per heavy atom. The quantitative estimate of drug-likeness (QED) is 0.743. The molecule has 2 heterocycles. The van der Waals surface area contributed by atoms with E-state index in [4.69, 9.17) is 0 Å². The predicted octanol–water partition coefficient (Wildman–Crippen LogP) is 2.85. The second-order valence-corrected chi connectivity index (χ2v) is 5.11. The average Bonchev–Trinajstić information content (AvgIpc) is 2.30. The van der Waals surface area contributed by atoms with Crippen molar-refractivity contribution < 1.29 is 13.2 Å². The molecule has 2 nitrogen and oxygen atoms in total. The zero-order valence-electron chi connectivity index (χ0n) is 10.2. The Balaban J connectivity index is 2.06. The first-order chi connectivity index (χ1) is 8.09. The summed E-state index contributed by atoms with van der Waals surface area (Å²) in [6.45, 7) is 2.39. The maximum Gasteiger partial charge on any atom is 0.417 e. The van der Waals surface area contributed by atoms with Crippen LogP contribution in [0.3, 0.4) is 0 Å². The van der Waals surface area contributed by atoms with Gasteiger partial charge in [-0.15, -0.1) is 0 Å². The number of piperidine rings is 2. The maximum atomic E-state index is 13.2. The minimum absolute atomic E-state index is 0.598. The van der Waals surface area contributed by atoms with Crippen LogP contribution in [-0.2, 0) is 0 Å². The van der Waals surface area contributed by atoms with Gasteiger partial charge in [-0.1, -0.05) is 12.8 Å². The first-order valence-electron chi connectivity index (χ1n) is 6.64. The molecule has 100 valence electrons. The zero-order chi connectivity index (χ0) is 12.3. The van der Waals surface area contributed by atoms with Crippen LogP contribution < -0.4 is 0 Å². The van der Waals surface area contributed by atoms with Crippen molar-refractivity contribution in [1.82, 2.24) is 9.80 Å². The van der Waals surface area contributed by atoms with Crippen LogP contribution in [0, 0.1) is 0 Å². The lowest BCUT2D eigenvalue weighted by atomic mass is 10.1. The lowest BCUT2D eigenvalue weighted by Crippen LogP contribution is -2.59. The predicted molar refractivity (Wildman–Crippen MR) is 60.7 cm³/mol. The number of likely N-dealkylation sites (tertiary alicyclic amines) is 2. The van der Waals surface area contributed by atoms with Crippen LogP contribution in [0.1, 0.15) is 38.5 Å². The average molecular weight is 250 g/mol. The van der Waals surface area contributed by atoms with Gasteiger partial charge in [0.05, 0.1) is 0 Å². The van der Waals surface area contributed by atoms with Crippen LogP contribution in [0.5, 0.6) is 0 Å². The Morgan fingerprint density at radius 3 is 1.29 bits per heavy atom. The molecule has 0 aromatic carbocycles. The summed E-state index contributed by atoms with van der Waals surface area (Å²) in [5, 5.41) is 0. The lowest BCUT2D eigenvalue weighted by molar-refractivity contribution is -0.230. The van der Waals surface area contributed by atoms with Crippen molar-refractivity contribution in [3.8, 4) is 0 Å². The van der Waals surface area contributed by atoms with Crippen molar-refractivity contribution in [1.29, 1.82) is 0 Å². The van der Waals surface area contributed by atoms with Gasteiger partial charge in [0.2, 0.25) is 0 Å². The third kappa shape index (κ3) is 3.35. The molecule has 5 heteroatoms. The van der Waals surface area contributed by atoms with E-state index in [1.54, 1.807) is 9.80 Å². The fourth-order valence-electron chi connectivity index (χ4n) is 2.97. The highest BCUT2D eigenvalue weighted by Crippen LogP contribution is 2.31. The fraction of sp³-hybridized carbons (Fsp3) is 1.00. The molecule has 0 spiro atoms. The van der Waals surface area contributed by atoms with Gasteiger partial charge in [0.1, 0.15) is 0 Å². The summed E-state index contributed by atoms with van der Waals surface area (Å²) in [6, 6.07) is 0. The summed E-state index contributed by atoms with van der Waals surface area (Å²) >= 11 is 0. The van der Waals surface area contributed by atoms with E-state index >= 15 is 0 Å². The van der Waals surface area contributed by atoms with Gasteiger partial charge in [0.15, 0.2) is 6.17 Å². The summed E-state index contributed by atoms with van der Waals surface area (Å²) in [5.74, 6) is 0. The molecule has 0 aromatic rings. The first-order valence-corrected chi connectivity index (χ1v) is 6.64. The number of rotatable bonds is 2. The third-order valence-electron chi connectivity index (χ3n) is 3.77. The smallest absolute Gasteiger partial charge is 0.280 e. The van der Waals surface area contributed by atoms with E-state index in [0.29, 0.717) is 26.2 Å². The Bertz CT molecular complexity index is 212. The van der Waals surface area contributed by atoms with Gasteiger partial charge in [-0.25, -0.2) is 0 Å². The molecule has 2 aliphatic heterocycles. The van der Waals surface area contributed by atoms with Crippen LogP contribution in [-0.4, -0.2) is 48.3 Å². The normalized spacial score (nSPS) is 25.4. The number of hydrogen-bond donors (Lipinski definition) is 0. The van der Waals surface area contributed by atoms with Crippen LogP contribution in [0.15, 0.2) is 0 Å². The summed E-state index contributed by atoms with van der Waals surface area (Å²) in [4.78, 5) is 3.27. The van der Waals surface area contributed by atoms with Crippen LogP contribution in [0.4, 0.5) is 13.2 Å². The molecule has 0 amide bonds. The molecule has 2 rings (SSSR count). The summed E-state index contributed by atoms with van der Waals surface area (Å²) < 4.78 is 39.6. The van der Waals surface area contributed by atoms with Crippen LogP contribution in [0.25, 0.3) is 0 Å². The van der Waals surface area contributed by atoms with E-state index in [0.717, 1.165) is 38.5 Å². The molecule has 0 aromatic heterocycles. The largest absolute Gasteiger partial charge is 0.417 e. The van der Waals surface area contributed by atoms with E-state index in [-0.39, 0.29) is 0 Å². The molecule has 2 saturated heterocycles. The van der Waals surface area contributed by atoms with Gasteiger partial charge in [-0.3, -0.25) is 9.80 Å². The molecule has 0 aliphatic carbocycles. The molecular weight excluding hydrogens is 229 g/mol. The van der Waals surface area contributed by atoms with E-state index in [1.807, 2.05) is 0 Å². The molecule has 2 fully saturated rings. The second kappa shape index (κ2) is 5.57. The molecule has 2 aliphatic rings. The molecule has 0 radical (unpaired) electrons. The molecular formula is C12H21F3N2. The van der Waals surface area contributed by atoms with Crippen molar-refractivity contribution in [2.75, 3.05) is 26.2 Å². The van der Waals surface area contributed by atoms with Gasteiger partial charge in [0, 0.05) is 0 Å². The number of halogens is 3. The van der Waals surface area contributed by atoms with Crippen molar-refractivity contribution in [2.45, 2.75) is 50.9 Å². The SMILES string of the molecule is FC(F)(F)C(N1CCCCC1)N1CCCCC1. The zero-order valence-corrected chi connectivity index (χ0v) is 10.2. The Morgan fingerprint density at radius 1 is 0.647 bits per heavy atom. The fourth-order valence-corrected chi connectivity index (χ4v) is 2.97. The lowest BCUT2D eigenvalue weighted by Gasteiger charge is -2.43. The standard InChI is InChI=1S/C12H21F3N2/c13-12(14,15)11(16-7-3-1-4-8-16)17-9-5-2-6-10-17/h11H,1-10H2. The van der Waals surface area contributed by atoms with Gasteiger partial charge < -0.3 is 0 Å². The first kappa shape index (κ1) is 13.1. The van der Waals surface area contributed by atoms with E-state index < -0.39 is 12.3 Å². The maximum absolute atomic E-state index is 13.2. The van der Waals surface area contributed by atoms with Crippen molar-refractivity contribution in [2.24, 2.45) is 0 Å². The highest BCUT2D eigenvalue weighted by atomic mass is 19.4. The topological polar surface area (TPSA) is 6.48 Å². The summed E-state index contributed by atoms with van der Waals surface area (Å²) in [6.07, 6.45) is 0.307. The third-order valence-corrected chi connectivity index (χ3v) is 3.77. The monoisotopic (exact) mass is 250 g/mol. The van der Waals surface area contributed by atoms with E-state index in [9.17, 15) is 13.2 Å². The van der Waals surface area contributed by atoms with Crippen LogP contribution in [0.2, 0.25) is 0 Å². The van der Waals surface area contributed by atoms with E-state index in [1.165, 1.54) is 0 Å². The molecule has 0 unspecified atom stereocenters. The molecule has 0 saturated carbocycles. The van der Waals surface area contributed by atoms with Crippen molar-refractivity contribution in [3.63, 3.8) is 0 Å². The summed E-state index contributed by atoms with van der Waals surface area (Å²) in [7, 11) is 0. The number of hydrogen-bond acceptors (Lipinski definition) is 2. The second-order valence-electron chi connectivity index (χ2n) is 5.11. The minimum atomic E-state index is -4.12. The number of alkyl halides is 3. The van der Waals surface area contributed by atoms with Gasteiger partial charge in [-0.05, 0) is 51.9 Å². The van der Waals surface area contributed by atoms with Crippen molar-refractivity contribution in [3.05, 3.63) is 0 Å². The molecule has 0 atom stereocenters.